The molecule has 1 fully saturated rings. The van der Waals surface area contributed by atoms with Crippen molar-refractivity contribution in [2.75, 3.05) is 51.9 Å². The molecule has 1 aromatic carbocycles. The molecule has 2 rings (SSSR count). The van der Waals surface area contributed by atoms with E-state index in [0.717, 1.165) is 4.31 Å². The summed E-state index contributed by atoms with van der Waals surface area (Å²) in [7, 11) is -0.899. The predicted octanol–water partition coefficient (Wildman–Crippen LogP) is 0.845. The zero-order valence-electron chi connectivity index (χ0n) is 17.5. The lowest BCUT2D eigenvalue weighted by molar-refractivity contribution is -0.125. The molecule has 10 heteroatoms. The number of hydrogen-bond acceptors (Lipinski definition) is 7. The number of carbonyl (C=O) groups excluding carboxylic acids is 2. The molecule has 0 aromatic heterocycles. The number of benzene rings is 1. The number of sulfonamides is 1. The molecule has 1 aromatic rings. The molecule has 1 N–H and O–H groups in total. The first kappa shape index (κ1) is 23.1. The van der Waals surface area contributed by atoms with Gasteiger partial charge in [0.15, 0.2) is 6.61 Å². The fourth-order valence-electron chi connectivity index (χ4n) is 2.79. The van der Waals surface area contributed by atoms with Crippen LogP contribution in [0.1, 0.15) is 31.1 Å². The molecular formula is C19H29N3O6S. The zero-order valence-corrected chi connectivity index (χ0v) is 18.3. The van der Waals surface area contributed by atoms with Crippen LogP contribution in [0.15, 0.2) is 23.1 Å². The van der Waals surface area contributed by atoms with Crippen molar-refractivity contribution in [2.45, 2.75) is 31.2 Å². The minimum absolute atomic E-state index is 0.0226. The summed E-state index contributed by atoms with van der Waals surface area (Å²) < 4.78 is 36.6. The second-order valence-electron chi connectivity index (χ2n) is 7.94. The number of nitrogens with zero attached hydrogens (tertiary/aromatic N) is 2. The van der Waals surface area contributed by atoms with Crippen LogP contribution < -0.4 is 10.2 Å². The normalized spacial score (nSPS) is 15.3. The standard InChI is InChI=1S/C19H29N3O6S/c1-19(2,3)20-17(23)13-28-18(24)15-12-14(29(25,26)21(4)5)6-7-16(15)22-8-10-27-11-9-22/h6-7,12H,8-11,13H2,1-5H3,(H,20,23). The first-order chi connectivity index (χ1) is 13.4. The number of ether oxygens (including phenoxy) is 2. The van der Waals surface area contributed by atoms with Crippen molar-refractivity contribution in [1.82, 2.24) is 9.62 Å². The number of anilines is 1. The second-order valence-corrected chi connectivity index (χ2v) is 10.1. The van der Waals surface area contributed by atoms with Gasteiger partial charge in [0.25, 0.3) is 5.91 Å². The number of nitrogens with one attached hydrogen (secondary N) is 1. The van der Waals surface area contributed by atoms with Gasteiger partial charge in [0.2, 0.25) is 10.0 Å². The molecule has 1 aliphatic heterocycles. The smallest absolute Gasteiger partial charge is 0.340 e. The van der Waals surface area contributed by atoms with Gasteiger partial charge in [-0.3, -0.25) is 4.79 Å². The van der Waals surface area contributed by atoms with Gasteiger partial charge < -0.3 is 19.7 Å². The summed E-state index contributed by atoms with van der Waals surface area (Å²) >= 11 is 0. The van der Waals surface area contributed by atoms with Gasteiger partial charge in [-0.05, 0) is 39.0 Å². The average Bonchev–Trinajstić information content (AvgIpc) is 2.64. The Labute approximate surface area is 172 Å². The van der Waals surface area contributed by atoms with E-state index in [1.807, 2.05) is 25.7 Å². The predicted molar refractivity (Wildman–Crippen MR) is 109 cm³/mol. The summed E-state index contributed by atoms with van der Waals surface area (Å²) in [6, 6.07) is 4.35. The van der Waals surface area contributed by atoms with Crippen LogP contribution in [-0.2, 0) is 24.3 Å². The van der Waals surface area contributed by atoms with E-state index in [1.54, 1.807) is 6.07 Å². The number of carbonyl (C=O) groups is 2. The van der Waals surface area contributed by atoms with E-state index >= 15 is 0 Å². The third-order valence-electron chi connectivity index (χ3n) is 4.17. The third-order valence-corrected chi connectivity index (χ3v) is 5.98. The van der Waals surface area contributed by atoms with Crippen molar-refractivity contribution in [2.24, 2.45) is 0 Å². The summed E-state index contributed by atoms with van der Waals surface area (Å²) in [6.45, 7) is 7.12. The first-order valence-electron chi connectivity index (χ1n) is 9.29. The van der Waals surface area contributed by atoms with E-state index < -0.39 is 34.0 Å². The minimum Gasteiger partial charge on any atom is -0.452 e. The molecule has 0 aliphatic carbocycles. The molecule has 1 aliphatic rings. The van der Waals surface area contributed by atoms with Crippen LogP contribution in [0.25, 0.3) is 0 Å². The Hall–Kier alpha value is -2.17. The Morgan fingerprint density at radius 1 is 1.21 bits per heavy atom. The lowest BCUT2D eigenvalue weighted by Crippen LogP contribution is -2.42. The Morgan fingerprint density at radius 3 is 2.38 bits per heavy atom. The maximum absolute atomic E-state index is 12.8. The molecule has 0 radical (unpaired) electrons. The van der Waals surface area contributed by atoms with E-state index in [2.05, 4.69) is 5.32 Å². The van der Waals surface area contributed by atoms with Crippen LogP contribution in [0, 0.1) is 0 Å². The van der Waals surface area contributed by atoms with Crippen molar-refractivity contribution >= 4 is 27.6 Å². The summed E-state index contributed by atoms with van der Waals surface area (Å²) in [4.78, 5) is 26.6. The van der Waals surface area contributed by atoms with E-state index in [-0.39, 0.29) is 10.5 Å². The van der Waals surface area contributed by atoms with Crippen molar-refractivity contribution < 1.29 is 27.5 Å². The fraction of sp³-hybridized carbons (Fsp3) is 0.579. The van der Waals surface area contributed by atoms with Gasteiger partial charge in [-0.15, -0.1) is 0 Å². The first-order valence-corrected chi connectivity index (χ1v) is 10.7. The molecule has 1 heterocycles. The topological polar surface area (TPSA) is 105 Å². The third kappa shape index (κ3) is 6.15. The minimum atomic E-state index is -3.73. The number of hydrogen-bond donors (Lipinski definition) is 1. The molecule has 0 atom stereocenters. The Morgan fingerprint density at radius 2 is 1.83 bits per heavy atom. The maximum atomic E-state index is 12.8. The van der Waals surface area contributed by atoms with Gasteiger partial charge in [0.1, 0.15) is 0 Å². The van der Waals surface area contributed by atoms with Gasteiger partial charge in [-0.2, -0.15) is 0 Å². The van der Waals surface area contributed by atoms with Gasteiger partial charge in [0.05, 0.1) is 29.4 Å². The van der Waals surface area contributed by atoms with Crippen LogP contribution in [0.4, 0.5) is 5.69 Å². The van der Waals surface area contributed by atoms with Gasteiger partial charge >= 0.3 is 5.97 Å². The van der Waals surface area contributed by atoms with Crippen LogP contribution in [-0.4, -0.2) is 77.1 Å². The van der Waals surface area contributed by atoms with Crippen molar-refractivity contribution in [3.8, 4) is 0 Å². The quantitative estimate of drug-likeness (QED) is 0.671. The molecule has 1 amide bonds. The number of amides is 1. The highest BCUT2D eigenvalue weighted by Gasteiger charge is 2.25. The summed E-state index contributed by atoms with van der Waals surface area (Å²) in [6.07, 6.45) is 0. The van der Waals surface area contributed by atoms with E-state index in [4.69, 9.17) is 9.47 Å². The lowest BCUT2D eigenvalue weighted by atomic mass is 10.1. The van der Waals surface area contributed by atoms with Crippen molar-refractivity contribution in [1.29, 1.82) is 0 Å². The SMILES string of the molecule is CN(C)S(=O)(=O)c1ccc(N2CCOCC2)c(C(=O)OCC(=O)NC(C)(C)C)c1. The number of rotatable bonds is 6. The van der Waals surface area contributed by atoms with Crippen molar-refractivity contribution in [3.63, 3.8) is 0 Å². The molecular weight excluding hydrogens is 398 g/mol. The Kier molecular flexibility index (Phi) is 7.25. The maximum Gasteiger partial charge on any atom is 0.340 e. The highest BCUT2D eigenvalue weighted by atomic mass is 32.2. The molecule has 29 heavy (non-hydrogen) atoms. The van der Waals surface area contributed by atoms with E-state index in [1.165, 1.54) is 26.2 Å². The number of morpholine rings is 1. The largest absolute Gasteiger partial charge is 0.452 e. The highest BCUT2D eigenvalue weighted by Crippen LogP contribution is 2.27. The van der Waals surface area contributed by atoms with Crippen LogP contribution in [0.2, 0.25) is 0 Å². The monoisotopic (exact) mass is 427 g/mol. The van der Waals surface area contributed by atoms with Gasteiger partial charge in [-0.1, -0.05) is 0 Å². The fourth-order valence-corrected chi connectivity index (χ4v) is 3.72. The molecule has 0 spiro atoms. The van der Waals surface area contributed by atoms with E-state index in [9.17, 15) is 18.0 Å². The summed E-state index contributed by atoms with van der Waals surface area (Å²) in [5, 5.41) is 2.71. The molecule has 0 saturated carbocycles. The average molecular weight is 428 g/mol. The van der Waals surface area contributed by atoms with E-state index in [0.29, 0.717) is 32.0 Å². The van der Waals surface area contributed by atoms with Crippen LogP contribution in [0.5, 0.6) is 0 Å². The zero-order chi connectivity index (χ0) is 21.8. The Balaban J connectivity index is 2.32. The van der Waals surface area contributed by atoms with Gasteiger partial charge in [-0.25, -0.2) is 17.5 Å². The van der Waals surface area contributed by atoms with Crippen LogP contribution in [0.3, 0.4) is 0 Å². The molecule has 9 nitrogen and oxygen atoms in total. The lowest BCUT2D eigenvalue weighted by Gasteiger charge is -2.30. The molecule has 1 saturated heterocycles. The summed E-state index contributed by atoms with van der Waals surface area (Å²) in [5.41, 5.74) is 0.188. The van der Waals surface area contributed by atoms with Crippen LogP contribution >= 0.6 is 0 Å². The molecule has 162 valence electrons. The Bertz CT molecular complexity index is 855. The van der Waals surface area contributed by atoms with Gasteiger partial charge in [0, 0.05) is 32.7 Å². The number of esters is 1. The molecule has 0 unspecified atom stereocenters. The summed E-state index contributed by atoms with van der Waals surface area (Å²) in [5.74, 6) is -1.19. The molecule has 0 bridgehead atoms. The highest BCUT2D eigenvalue weighted by molar-refractivity contribution is 7.89. The van der Waals surface area contributed by atoms with Crippen molar-refractivity contribution in [3.05, 3.63) is 23.8 Å². The second kappa shape index (κ2) is 9.10.